The van der Waals surface area contributed by atoms with Crippen molar-refractivity contribution in [2.24, 2.45) is 5.92 Å². The molecule has 0 fully saturated rings. The highest BCUT2D eigenvalue weighted by molar-refractivity contribution is 7.71. The van der Waals surface area contributed by atoms with Crippen molar-refractivity contribution in [3.8, 4) is 11.1 Å². The Labute approximate surface area is 207 Å². The maximum absolute atomic E-state index is 14.7. The summed E-state index contributed by atoms with van der Waals surface area (Å²) in [5.41, 5.74) is 8.15. The molecular weight excluding hydrogens is 443 g/mol. The van der Waals surface area contributed by atoms with E-state index in [1.54, 1.807) is 11.6 Å². The van der Waals surface area contributed by atoms with Gasteiger partial charge in [0.1, 0.15) is 16.7 Å². The molecule has 1 aromatic carbocycles. The van der Waals surface area contributed by atoms with Crippen molar-refractivity contribution in [3.63, 3.8) is 0 Å². The van der Waals surface area contributed by atoms with E-state index < -0.39 is 0 Å². The Morgan fingerprint density at radius 1 is 1.29 bits per heavy atom. The summed E-state index contributed by atoms with van der Waals surface area (Å²) in [6.07, 6.45) is 9.85. The molecule has 0 bridgehead atoms. The molecule has 0 radical (unpaired) electrons. The zero-order valence-corrected chi connectivity index (χ0v) is 21.7. The Kier molecular flexibility index (Phi) is 6.95. The molecular formula is C29H35FN2OS. The topological polar surface area (TPSA) is 36.1 Å². The number of benzene rings is 1. The number of nitrogens with zero attached hydrogens (tertiary/aromatic N) is 1. The van der Waals surface area contributed by atoms with E-state index in [2.05, 4.69) is 55.9 Å². The minimum atomic E-state index is -0.300. The molecule has 0 saturated heterocycles. The maximum atomic E-state index is 14.7. The summed E-state index contributed by atoms with van der Waals surface area (Å²) in [5, 5.41) is 0. The number of halogens is 1. The Balaban J connectivity index is 1.70. The molecule has 0 saturated carbocycles. The fraction of sp³-hybridized carbons (Fsp3) is 0.448. The van der Waals surface area contributed by atoms with Crippen molar-refractivity contribution in [2.75, 3.05) is 11.9 Å². The van der Waals surface area contributed by atoms with Crippen molar-refractivity contribution in [1.82, 2.24) is 4.98 Å². The van der Waals surface area contributed by atoms with Gasteiger partial charge in [-0.2, -0.15) is 0 Å². The van der Waals surface area contributed by atoms with Crippen LogP contribution in [0, 0.1) is 16.4 Å². The molecule has 0 amide bonds. The average molecular weight is 479 g/mol. The molecule has 1 aromatic heterocycles. The van der Waals surface area contributed by atoms with E-state index >= 15 is 0 Å². The van der Waals surface area contributed by atoms with Gasteiger partial charge in [-0.15, -0.1) is 0 Å². The molecule has 2 atom stereocenters. The summed E-state index contributed by atoms with van der Waals surface area (Å²) in [7, 11) is 2.12. The number of carbonyl (C=O) groups excluding carboxylic acids is 1. The number of rotatable bonds is 6. The molecule has 0 aliphatic heterocycles. The van der Waals surface area contributed by atoms with Gasteiger partial charge in [-0.1, -0.05) is 48.5 Å². The third kappa shape index (κ3) is 5.10. The van der Waals surface area contributed by atoms with E-state index in [0.29, 0.717) is 16.1 Å². The number of anilines is 1. The fourth-order valence-corrected chi connectivity index (χ4v) is 5.37. The van der Waals surface area contributed by atoms with Crippen molar-refractivity contribution < 1.29 is 9.18 Å². The second-order valence-corrected chi connectivity index (χ2v) is 11.4. The van der Waals surface area contributed by atoms with Gasteiger partial charge in [-0.25, -0.2) is 4.39 Å². The van der Waals surface area contributed by atoms with Gasteiger partial charge in [-0.05, 0) is 87.6 Å². The van der Waals surface area contributed by atoms with Crippen LogP contribution < -0.4 is 4.90 Å². The first-order valence-electron chi connectivity index (χ1n) is 12.2. The number of aromatic amines is 1. The quantitative estimate of drug-likeness (QED) is 0.338. The lowest BCUT2D eigenvalue weighted by Crippen LogP contribution is -2.38. The molecule has 3 nitrogen and oxygen atoms in total. The average Bonchev–Trinajstić information content (AvgIpc) is 3.20. The summed E-state index contributed by atoms with van der Waals surface area (Å²) in [6.45, 7) is 8.59. The molecule has 1 heterocycles. The van der Waals surface area contributed by atoms with E-state index in [0.717, 1.165) is 49.6 Å². The fourth-order valence-electron chi connectivity index (χ4n) is 5.20. The maximum Gasteiger partial charge on any atom is 0.147 e. The van der Waals surface area contributed by atoms with Crippen LogP contribution in [0.2, 0.25) is 0 Å². The minimum Gasteiger partial charge on any atom is -0.370 e. The molecule has 5 heteroatoms. The summed E-state index contributed by atoms with van der Waals surface area (Å²) in [6, 6.07) is 8.05. The monoisotopic (exact) mass is 478 g/mol. The predicted molar refractivity (Wildman–Crippen MR) is 141 cm³/mol. The van der Waals surface area contributed by atoms with Crippen LogP contribution in [0.5, 0.6) is 0 Å². The lowest BCUT2D eigenvalue weighted by atomic mass is 9.79. The third-order valence-electron chi connectivity index (χ3n) is 7.37. The number of H-pyrrole nitrogens is 1. The van der Waals surface area contributed by atoms with Gasteiger partial charge in [0.15, 0.2) is 0 Å². The van der Waals surface area contributed by atoms with Crippen LogP contribution in [0.15, 0.2) is 53.3 Å². The first kappa shape index (κ1) is 24.6. The zero-order chi connectivity index (χ0) is 24.6. The van der Waals surface area contributed by atoms with Gasteiger partial charge in [-0.3, -0.25) is 0 Å². The number of hydrogen-bond acceptors (Lipinski definition) is 3. The van der Waals surface area contributed by atoms with Crippen molar-refractivity contribution in [3.05, 3.63) is 69.3 Å². The lowest BCUT2D eigenvalue weighted by molar-refractivity contribution is -0.110. The molecule has 1 N–H and O–H groups in total. The van der Waals surface area contributed by atoms with Gasteiger partial charge >= 0.3 is 0 Å². The molecule has 180 valence electrons. The van der Waals surface area contributed by atoms with Crippen LogP contribution in [-0.2, 0) is 4.79 Å². The first-order valence-corrected chi connectivity index (χ1v) is 12.6. The Morgan fingerprint density at radius 3 is 2.76 bits per heavy atom. The summed E-state index contributed by atoms with van der Waals surface area (Å²) >= 11 is 5.26. The second kappa shape index (κ2) is 9.61. The smallest absolute Gasteiger partial charge is 0.147 e. The largest absolute Gasteiger partial charge is 0.370 e. The van der Waals surface area contributed by atoms with Gasteiger partial charge < -0.3 is 14.7 Å². The number of aromatic nitrogens is 1. The number of hydrogen-bond donors (Lipinski definition) is 1. The molecule has 34 heavy (non-hydrogen) atoms. The highest BCUT2D eigenvalue weighted by Gasteiger charge is 2.29. The Morgan fingerprint density at radius 2 is 2.06 bits per heavy atom. The predicted octanol–water partition coefficient (Wildman–Crippen LogP) is 7.90. The van der Waals surface area contributed by atoms with Crippen LogP contribution in [0.1, 0.15) is 71.3 Å². The molecule has 2 aliphatic carbocycles. The van der Waals surface area contributed by atoms with Gasteiger partial charge in [0.05, 0.1) is 0 Å². The molecule has 2 unspecified atom stereocenters. The van der Waals surface area contributed by atoms with E-state index in [1.165, 1.54) is 22.9 Å². The molecule has 2 aliphatic rings. The van der Waals surface area contributed by atoms with Crippen LogP contribution >= 0.6 is 12.2 Å². The second-order valence-electron chi connectivity index (χ2n) is 10.9. The van der Waals surface area contributed by atoms with Crippen LogP contribution in [-0.4, -0.2) is 23.9 Å². The summed E-state index contributed by atoms with van der Waals surface area (Å²) in [5.74, 6) is 0.191. The SMILES string of the molecule is CC(C=O)CC1=CC2=C(CCC(c3ccc(-c4cc(=S)[nH]cc4F)cc3N(C)C(C)(C)C)C2)C1. The van der Waals surface area contributed by atoms with Crippen LogP contribution in [0.25, 0.3) is 11.1 Å². The van der Waals surface area contributed by atoms with E-state index in [1.807, 2.05) is 13.0 Å². The summed E-state index contributed by atoms with van der Waals surface area (Å²) in [4.78, 5) is 16.2. The van der Waals surface area contributed by atoms with Crippen LogP contribution in [0.3, 0.4) is 0 Å². The van der Waals surface area contributed by atoms with Crippen molar-refractivity contribution in [1.29, 1.82) is 0 Å². The van der Waals surface area contributed by atoms with Gasteiger partial charge in [0, 0.05) is 36.0 Å². The number of allylic oxidation sites excluding steroid dienone is 4. The van der Waals surface area contributed by atoms with E-state index in [4.69, 9.17) is 12.2 Å². The normalized spacial score (nSPS) is 19.0. The standard InChI is InChI=1S/C29H35FN2OS/c1-18(17-33)10-19-11-20-6-7-21(13-23(20)12-19)24-9-8-22(14-27(24)32(5)29(2,3)4)25-15-28(34)31-16-26(25)30/h8-9,12,14-18,21H,6-7,10-11,13H2,1-5H3,(H,31,34). The van der Waals surface area contributed by atoms with Gasteiger partial charge in [0.2, 0.25) is 0 Å². The molecule has 0 spiro atoms. The van der Waals surface area contributed by atoms with Crippen molar-refractivity contribution >= 4 is 24.2 Å². The highest BCUT2D eigenvalue weighted by Crippen LogP contribution is 2.46. The van der Waals surface area contributed by atoms with E-state index in [-0.39, 0.29) is 17.3 Å². The Bertz CT molecular complexity index is 1220. The highest BCUT2D eigenvalue weighted by atomic mass is 32.1. The molecule has 2 aromatic rings. The van der Waals surface area contributed by atoms with Crippen LogP contribution in [0.4, 0.5) is 10.1 Å². The van der Waals surface area contributed by atoms with E-state index in [9.17, 15) is 9.18 Å². The first-order chi connectivity index (χ1) is 16.1. The number of pyridine rings is 1. The van der Waals surface area contributed by atoms with Crippen molar-refractivity contribution in [2.45, 2.75) is 71.3 Å². The van der Waals surface area contributed by atoms with Gasteiger partial charge in [0.25, 0.3) is 0 Å². The lowest BCUT2D eigenvalue weighted by Gasteiger charge is -2.38. The Hall–Kier alpha value is -2.53. The number of carbonyl (C=O) groups is 1. The summed E-state index contributed by atoms with van der Waals surface area (Å²) < 4.78 is 15.2. The third-order valence-corrected chi connectivity index (χ3v) is 7.61. The molecule has 4 rings (SSSR count). The minimum absolute atomic E-state index is 0.0783. The zero-order valence-electron chi connectivity index (χ0n) is 20.9. The number of aldehydes is 1. The number of nitrogens with one attached hydrogen (secondary N) is 1.